The highest BCUT2D eigenvalue weighted by molar-refractivity contribution is 7.98. The second-order valence-electron chi connectivity index (χ2n) is 28.5. The Kier molecular flexibility index (Phi) is 21.7. The topological polar surface area (TPSA) is 155 Å². The van der Waals surface area contributed by atoms with E-state index in [0.29, 0.717) is 69.9 Å². The largest absolute Gasteiger partial charge is 0.208 e. The first-order valence-corrected chi connectivity index (χ1v) is 44.9. The summed E-state index contributed by atoms with van der Waals surface area (Å²) in [5, 5.41) is 0. The highest BCUT2D eigenvalue weighted by Gasteiger charge is 2.20. The van der Waals surface area contributed by atoms with Crippen LogP contribution < -0.4 is 0 Å². The van der Waals surface area contributed by atoms with Gasteiger partial charge in [-0.1, -0.05) is 291 Å². The van der Waals surface area contributed by atoms with E-state index in [4.69, 9.17) is 59.8 Å². The lowest BCUT2D eigenvalue weighted by Crippen LogP contribution is -2.01. The number of nitrogens with zero attached hydrogens (tertiary/aromatic N) is 12. The summed E-state index contributed by atoms with van der Waals surface area (Å²) in [6.07, 6.45) is 0. The van der Waals surface area contributed by atoms with E-state index in [1.165, 1.54) is 66.8 Å². The van der Waals surface area contributed by atoms with Crippen LogP contribution in [-0.4, -0.2) is 59.8 Å². The van der Waals surface area contributed by atoms with E-state index in [1.807, 2.05) is 70.6 Å². The molecule has 52 aliphatic heterocycles. The molecule has 0 unspecified atom stereocenters. The normalized spacial score (nSPS) is 13.7. The van der Waals surface area contributed by atoms with Gasteiger partial charge >= 0.3 is 0 Å². The Balaban J connectivity index is 0.720. The van der Waals surface area contributed by atoms with Crippen molar-refractivity contribution >= 4 is 70.6 Å². The van der Waals surface area contributed by atoms with Crippen LogP contribution in [0.4, 0.5) is 0 Å². The van der Waals surface area contributed by atoms with Gasteiger partial charge in [0.1, 0.15) is 0 Å². The van der Waals surface area contributed by atoms with Crippen LogP contribution in [0.5, 0.6) is 0 Å². The second-order valence-corrected chi connectivity index (χ2v) is 34.5. The van der Waals surface area contributed by atoms with E-state index in [0.717, 1.165) is 136 Å². The summed E-state index contributed by atoms with van der Waals surface area (Å²) >= 11 is 11.3. The Bertz CT molecular complexity index is 4700. The van der Waals surface area contributed by atoms with Gasteiger partial charge < -0.3 is 0 Å². The third-order valence-electron chi connectivity index (χ3n) is 20.3. The van der Waals surface area contributed by atoms with Gasteiger partial charge in [0.15, 0.2) is 69.9 Å². The van der Waals surface area contributed by atoms with E-state index in [9.17, 15) is 0 Å². The van der Waals surface area contributed by atoms with E-state index < -0.39 is 0 Å². The van der Waals surface area contributed by atoms with E-state index >= 15 is 0 Å². The lowest BCUT2D eigenvalue weighted by atomic mass is 10.1. The van der Waals surface area contributed by atoms with Crippen molar-refractivity contribution in [2.45, 2.75) is 69.0 Å². The van der Waals surface area contributed by atoms with Crippen molar-refractivity contribution < 1.29 is 0 Å². The fraction of sp³-hybridized carbons (Fsp3) is 0.125. The third-order valence-corrected chi connectivity index (χ3v) is 26.8. The standard InChI is InChI=1S/C96H72N12S6/c1-25-73-26-2-61(1)49-109-50-62-3-27-76(28-4-62)88-100-89-77-33-9-67(10-34-77)55-112-57-69-17-41-81(42-18-69)93-103-91-79-37-13-65(14-38-79)53-110-51-63-5-29-74(30-6-63)86-97-85(73)98-87(99-86)75-31-7-64(8-32-75)52-111-54-66-15-39-80(40-16-66)92-104-94(82-43-19-70(20-44-82)58-113-56-68-11-35-78(36-12-68)90(101-88)102-89)108-96(106-92)84-47-23-72(24-48-84)60-114-59-71-21-45-83(46-22-71)95(105-91)107-93/h1-48H,49-60H2. The molecule has 0 fully saturated rings. The number of thioether (sulfide) groups is 6. The number of benzene rings is 12. The van der Waals surface area contributed by atoms with Crippen molar-refractivity contribution in [1.82, 2.24) is 59.8 Å². The minimum Gasteiger partial charge on any atom is -0.208 e. The lowest BCUT2D eigenvalue weighted by Gasteiger charge is -2.11. The molecule has 4 aromatic heterocycles. The summed E-state index contributed by atoms with van der Waals surface area (Å²) in [5.74, 6) is 17.4. The quantitative estimate of drug-likeness (QED) is 0.141. The predicted molar refractivity (Wildman–Crippen MR) is 475 cm³/mol. The van der Waals surface area contributed by atoms with Crippen LogP contribution in [0.15, 0.2) is 291 Å². The molecule has 36 bridgehead atoms. The molecule has 0 saturated heterocycles. The molecule has 52 aliphatic rings. The summed E-state index contributed by atoms with van der Waals surface area (Å²) in [6, 6.07) is 104. The highest BCUT2D eigenvalue weighted by atomic mass is 32.2. The van der Waals surface area contributed by atoms with Gasteiger partial charge in [-0.3, -0.25) is 0 Å². The molecule has 0 N–H and O–H groups in total. The maximum atomic E-state index is 5.20. The molecule has 0 atom stereocenters. The molecule has 56 heterocycles. The van der Waals surface area contributed by atoms with Crippen molar-refractivity contribution in [3.63, 3.8) is 0 Å². The van der Waals surface area contributed by atoms with Crippen LogP contribution >= 0.6 is 70.6 Å². The predicted octanol–water partition coefficient (Wildman–Crippen LogP) is 24.0. The molecule has 0 radical (unpaired) electrons. The molecule has 18 heteroatoms. The van der Waals surface area contributed by atoms with E-state index in [2.05, 4.69) is 291 Å². The smallest absolute Gasteiger partial charge is 0.164 e. The molecule has 552 valence electrons. The first kappa shape index (κ1) is 73.0. The highest BCUT2D eigenvalue weighted by Crippen LogP contribution is 2.36. The zero-order valence-corrected chi connectivity index (χ0v) is 66.9. The summed E-state index contributed by atoms with van der Waals surface area (Å²) in [5.41, 5.74) is 25.7. The zero-order valence-electron chi connectivity index (χ0n) is 62.0. The van der Waals surface area contributed by atoms with Gasteiger partial charge in [0.25, 0.3) is 0 Å². The van der Waals surface area contributed by atoms with Crippen molar-refractivity contribution in [2.75, 3.05) is 0 Å². The van der Waals surface area contributed by atoms with Crippen LogP contribution in [0.25, 0.3) is 137 Å². The van der Waals surface area contributed by atoms with Crippen LogP contribution in [0.2, 0.25) is 0 Å². The Morgan fingerprint density at radius 2 is 0.175 bits per heavy atom. The molecule has 0 aliphatic carbocycles. The van der Waals surface area contributed by atoms with Gasteiger partial charge in [-0.25, -0.2) is 59.8 Å². The number of hydrogen-bond acceptors (Lipinski definition) is 18. The minimum atomic E-state index is 0.620. The third kappa shape index (κ3) is 17.3. The molecule has 12 nitrogen and oxygen atoms in total. The number of hydrogen-bond donors (Lipinski definition) is 0. The van der Waals surface area contributed by atoms with Crippen LogP contribution in [-0.2, 0) is 69.0 Å². The maximum Gasteiger partial charge on any atom is 0.164 e. The molecule has 0 amide bonds. The second kappa shape index (κ2) is 33.8. The molecule has 114 heavy (non-hydrogen) atoms. The maximum absolute atomic E-state index is 5.20. The van der Waals surface area contributed by atoms with Crippen LogP contribution in [0.3, 0.4) is 0 Å². The number of rotatable bonds is 0. The van der Waals surface area contributed by atoms with Gasteiger partial charge in [-0.15, -0.1) is 0 Å². The summed E-state index contributed by atoms with van der Waals surface area (Å²) in [7, 11) is 0. The molecule has 0 spiro atoms. The number of aromatic nitrogens is 12. The Morgan fingerprint density at radius 3 is 0.246 bits per heavy atom. The Morgan fingerprint density at radius 1 is 0.105 bits per heavy atom. The van der Waals surface area contributed by atoms with Gasteiger partial charge in [0.05, 0.1) is 0 Å². The van der Waals surface area contributed by atoms with Gasteiger partial charge in [0.2, 0.25) is 0 Å². The van der Waals surface area contributed by atoms with Crippen molar-refractivity contribution in [3.8, 4) is 137 Å². The summed E-state index contributed by atoms with van der Waals surface area (Å²) < 4.78 is 0. The molecule has 68 rings (SSSR count). The lowest BCUT2D eigenvalue weighted by molar-refractivity contribution is 1.07. The zero-order chi connectivity index (χ0) is 75.9. The van der Waals surface area contributed by atoms with Gasteiger partial charge in [-0.2, -0.15) is 70.6 Å². The van der Waals surface area contributed by atoms with E-state index in [1.54, 1.807) is 0 Å². The first-order valence-electron chi connectivity index (χ1n) is 37.9. The first-order chi connectivity index (χ1) is 56.3. The Labute approximate surface area is 688 Å². The SMILES string of the molecule is c1cc2ccc1CSCc1ccc(cc1)-c1nc3nc(n1)-c1ccc(cc1)CSCc1ccc(cc1)-c1nc4nc(n1)-c1ccc(cc1)CSCc1ccc(cc1)-c1nc(nc(n1)-c1ccc(cc1)CSCc1ccc-3cc1)-c1ccc(cc1)CSCc1ccc(cc1)-c1nc-2nc(n1)-c1ccc(cc1)CSCc1ccc-4cc1. The monoisotopic (exact) mass is 1580 g/mol. The fourth-order valence-electron chi connectivity index (χ4n) is 13.8. The fourth-order valence-corrected chi connectivity index (χ4v) is 19.5. The van der Waals surface area contributed by atoms with Crippen molar-refractivity contribution in [2.24, 2.45) is 0 Å². The molecular weight excluding hydrogens is 1510 g/mol. The van der Waals surface area contributed by atoms with Gasteiger partial charge in [-0.05, 0) is 66.8 Å². The summed E-state index contributed by atoms with van der Waals surface area (Å²) in [4.78, 5) is 62.4. The minimum absolute atomic E-state index is 0.620. The van der Waals surface area contributed by atoms with Crippen molar-refractivity contribution in [3.05, 3.63) is 358 Å². The van der Waals surface area contributed by atoms with Gasteiger partial charge in [0, 0.05) is 136 Å². The molecule has 0 saturated carbocycles. The van der Waals surface area contributed by atoms with E-state index in [-0.39, 0.29) is 0 Å². The Hall–Kier alpha value is -11.2. The molecule has 16 aromatic rings. The van der Waals surface area contributed by atoms with Crippen LogP contribution in [0.1, 0.15) is 66.8 Å². The van der Waals surface area contributed by atoms with Crippen LogP contribution in [0, 0.1) is 0 Å². The average molecular weight is 1590 g/mol. The van der Waals surface area contributed by atoms with Crippen molar-refractivity contribution in [1.29, 1.82) is 0 Å². The average Bonchev–Trinajstić information content (AvgIpc) is 0.811. The summed E-state index contributed by atoms with van der Waals surface area (Å²) in [6.45, 7) is 0. The molecular formula is C96H72N12S6. The molecule has 12 aromatic carbocycles.